The van der Waals surface area contributed by atoms with Gasteiger partial charge in [0, 0.05) is 19.1 Å². The lowest BCUT2D eigenvalue weighted by molar-refractivity contribution is 0.00278. The summed E-state index contributed by atoms with van der Waals surface area (Å²) < 4.78 is 27.7. The third-order valence-electron chi connectivity index (χ3n) is 2.93. The Labute approximate surface area is 90.7 Å². The first-order valence-corrected chi connectivity index (χ1v) is 7.27. The molecule has 0 amide bonds. The fraction of sp³-hybridized carbons (Fsp3) is 1.00. The number of sulfone groups is 1. The van der Waals surface area contributed by atoms with Crippen LogP contribution in [0.5, 0.6) is 0 Å². The van der Waals surface area contributed by atoms with Crippen LogP contribution >= 0.6 is 0 Å². The van der Waals surface area contributed by atoms with Gasteiger partial charge in [-0.3, -0.25) is 5.43 Å². The molecule has 0 spiro atoms. The van der Waals surface area contributed by atoms with E-state index in [9.17, 15) is 8.42 Å². The van der Waals surface area contributed by atoms with Crippen molar-refractivity contribution in [2.24, 2.45) is 0 Å². The number of morpholine rings is 1. The van der Waals surface area contributed by atoms with Crippen molar-refractivity contribution in [3.8, 4) is 0 Å². The lowest BCUT2D eigenvalue weighted by Gasteiger charge is -2.33. The minimum Gasteiger partial charge on any atom is -0.379 e. The van der Waals surface area contributed by atoms with Crippen LogP contribution in [0.1, 0.15) is 12.8 Å². The molecule has 1 N–H and O–H groups in total. The highest BCUT2D eigenvalue weighted by atomic mass is 32.2. The Morgan fingerprint density at radius 2 is 1.73 bits per heavy atom. The van der Waals surface area contributed by atoms with Gasteiger partial charge < -0.3 is 4.74 Å². The summed E-state index contributed by atoms with van der Waals surface area (Å²) in [5.41, 5.74) is 3.38. The van der Waals surface area contributed by atoms with Crippen molar-refractivity contribution in [2.45, 2.75) is 18.9 Å². The smallest absolute Gasteiger partial charge is 0.150 e. The van der Waals surface area contributed by atoms with E-state index in [1.165, 1.54) is 0 Å². The standard InChI is InChI=1S/C9H18N2O3S/c12-15(13)7-1-9(2-8-15)10-11-3-5-14-6-4-11/h9-10H,1-8H2. The summed E-state index contributed by atoms with van der Waals surface area (Å²) in [5, 5.41) is 2.14. The highest BCUT2D eigenvalue weighted by Gasteiger charge is 2.25. The molecule has 2 rings (SSSR count). The average Bonchev–Trinajstić information content (AvgIpc) is 2.23. The van der Waals surface area contributed by atoms with Crippen LogP contribution < -0.4 is 5.43 Å². The van der Waals surface area contributed by atoms with Gasteiger partial charge in [0.25, 0.3) is 0 Å². The van der Waals surface area contributed by atoms with Gasteiger partial charge in [0.05, 0.1) is 24.7 Å². The molecule has 2 saturated heterocycles. The number of hydrogen-bond acceptors (Lipinski definition) is 5. The van der Waals surface area contributed by atoms with Gasteiger partial charge in [-0.15, -0.1) is 0 Å². The molecule has 0 saturated carbocycles. The van der Waals surface area contributed by atoms with Gasteiger partial charge in [0.1, 0.15) is 9.84 Å². The molecule has 0 aromatic heterocycles. The molecule has 2 aliphatic heterocycles. The largest absolute Gasteiger partial charge is 0.379 e. The molecule has 2 heterocycles. The first kappa shape index (κ1) is 11.3. The number of hydrogen-bond donors (Lipinski definition) is 1. The average molecular weight is 234 g/mol. The van der Waals surface area contributed by atoms with E-state index < -0.39 is 9.84 Å². The van der Waals surface area contributed by atoms with Crippen LogP contribution in [-0.4, -0.2) is 57.3 Å². The second-order valence-corrected chi connectivity index (χ2v) is 6.46. The fourth-order valence-corrected chi connectivity index (χ4v) is 3.46. The topological polar surface area (TPSA) is 58.6 Å². The van der Waals surface area contributed by atoms with Gasteiger partial charge in [0.2, 0.25) is 0 Å². The maximum atomic E-state index is 11.2. The monoisotopic (exact) mass is 234 g/mol. The first-order valence-electron chi connectivity index (χ1n) is 5.45. The molecule has 0 unspecified atom stereocenters. The van der Waals surface area contributed by atoms with E-state index in [4.69, 9.17) is 4.74 Å². The van der Waals surface area contributed by atoms with Crippen molar-refractivity contribution >= 4 is 9.84 Å². The molecule has 5 nitrogen and oxygen atoms in total. The summed E-state index contributed by atoms with van der Waals surface area (Å²) in [7, 11) is -2.74. The molecule has 88 valence electrons. The number of nitrogens with one attached hydrogen (secondary N) is 1. The summed E-state index contributed by atoms with van der Waals surface area (Å²) in [6.45, 7) is 3.31. The van der Waals surface area contributed by atoms with E-state index in [2.05, 4.69) is 10.4 Å². The van der Waals surface area contributed by atoms with E-state index in [0.29, 0.717) is 17.5 Å². The summed E-state index contributed by atoms with van der Waals surface area (Å²) >= 11 is 0. The molecule has 0 aromatic carbocycles. The fourth-order valence-electron chi connectivity index (χ4n) is 1.97. The molecule has 0 bridgehead atoms. The lowest BCUT2D eigenvalue weighted by Crippen LogP contribution is -2.52. The van der Waals surface area contributed by atoms with Crippen molar-refractivity contribution in [2.75, 3.05) is 37.8 Å². The summed E-state index contributed by atoms with van der Waals surface area (Å²) in [4.78, 5) is 0. The zero-order valence-electron chi connectivity index (χ0n) is 8.81. The number of hydrazine groups is 1. The van der Waals surface area contributed by atoms with Gasteiger partial charge in [0.15, 0.2) is 0 Å². The Bertz CT molecular complexity index is 284. The highest BCUT2D eigenvalue weighted by Crippen LogP contribution is 2.12. The minimum absolute atomic E-state index is 0.326. The molecule has 6 heteroatoms. The van der Waals surface area contributed by atoms with E-state index in [1.807, 2.05) is 0 Å². The summed E-state index contributed by atoms with van der Waals surface area (Å²) in [6, 6.07) is 0.326. The van der Waals surface area contributed by atoms with Gasteiger partial charge in [-0.05, 0) is 12.8 Å². The van der Waals surface area contributed by atoms with Crippen molar-refractivity contribution in [3.05, 3.63) is 0 Å². The lowest BCUT2D eigenvalue weighted by atomic mass is 10.2. The Morgan fingerprint density at radius 3 is 2.33 bits per heavy atom. The Kier molecular flexibility index (Phi) is 3.60. The second-order valence-electron chi connectivity index (χ2n) is 4.15. The maximum absolute atomic E-state index is 11.2. The molecule has 15 heavy (non-hydrogen) atoms. The number of ether oxygens (including phenoxy) is 1. The van der Waals surface area contributed by atoms with Gasteiger partial charge in [-0.25, -0.2) is 13.4 Å². The van der Waals surface area contributed by atoms with E-state index >= 15 is 0 Å². The second kappa shape index (κ2) is 4.78. The molecule has 2 aliphatic rings. The number of nitrogens with zero attached hydrogens (tertiary/aromatic N) is 1. The van der Waals surface area contributed by atoms with Crippen LogP contribution in [0.3, 0.4) is 0 Å². The SMILES string of the molecule is O=S1(=O)CCC(NN2CCOCC2)CC1. The van der Waals surface area contributed by atoms with E-state index in [0.717, 1.165) is 39.1 Å². The van der Waals surface area contributed by atoms with Crippen LogP contribution in [0.4, 0.5) is 0 Å². The third-order valence-corrected chi connectivity index (χ3v) is 4.65. The predicted molar refractivity (Wildman–Crippen MR) is 57.2 cm³/mol. The zero-order chi connectivity index (χ0) is 10.7. The van der Waals surface area contributed by atoms with Crippen LogP contribution in [0.2, 0.25) is 0 Å². The third kappa shape index (κ3) is 3.41. The van der Waals surface area contributed by atoms with E-state index in [-0.39, 0.29) is 0 Å². The molecular formula is C9H18N2O3S. The molecular weight excluding hydrogens is 216 g/mol. The van der Waals surface area contributed by atoms with Gasteiger partial charge in [-0.2, -0.15) is 0 Å². The Morgan fingerprint density at radius 1 is 1.13 bits per heavy atom. The molecule has 0 atom stereocenters. The Hall–Kier alpha value is -0.170. The zero-order valence-corrected chi connectivity index (χ0v) is 9.63. The quantitative estimate of drug-likeness (QED) is 0.691. The number of rotatable bonds is 2. The molecule has 2 fully saturated rings. The summed E-state index contributed by atoms with van der Waals surface area (Å²) in [5.74, 6) is 0.657. The van der Waals surface area contributed by atoms with Crippen molar-refractivity contribution in [3.63, 3.8) is 0 Å². The molecule has 0 radical (unpaired) electrons. The highest BCUT2D eigenvalue weighted by molar-refractivity contribution is 7.91. The van der Waals surface area contributed by atoms with Crippen molar-refractivity contribution in [1.82, 2.24) is 10.4 Å². The van der Waals surface area contributed by atoms with Crippen LogP contribution in [0.15, 0.2) is 0 Å². The van der Waals surface area contributed by atoms with Gasteiger partial charge >= 0.3 is 0 Å². The predicted octanol–water partition coefficient (Wildman–Crippen LogP) is -0.600. The normalized spacial score (nSPS) is 29.1. The van der Waals surface area contributed by atoms with Crippen molar-refractivity contribution in [1.29, 1.82) is 0 Å². The summed E-state index contributed by atoms with van der Waals surface area (Å²) in [6.07, 6.45) is 1.47. The van der Waals surface area contributed by atoms with Crippen LogP contribution in [0.25, 0.3) is 0 Å². The minimum atomic E-state index is -2.74. The van der Waals surface area contributed by atoms with Crippen molar-refractivity contribution < 1.29 is 13.2 Å². The van der Waals surface area contributed by atoms with E-state index in [1.54, 1.807) is 0 Å². The molecule has 0 aliphatic carbocycles. The first-order chi connectivity index (χ1) is 7.16. The van der Waals surface area contributed by atoms with Crippen LogP contribution in [-0.2, 0) is 14.6 Å². The maximum Gasteiger partial charge on any atom is 0.150 e. The van der Waals surface area contributed by atoms with Gasteiger partial charge in [-0.1, -0.05) is 0 Å². The Balaban J connectivity index is 1.76. The van der Waals surface area contributed by atoms with Crippen LogP contribution in [0, 0.1) is 0 Å². The molecule has 0 aromatic rings.